The highest BCUT2D eigenvalue weighted by Crippen LogP contribution is 2.20. The first-order valence-corrected chi connectivity index (χ1v) is 9.73. The van der Waals surface area contributed by atoms with E-state index in [2.05, 4.69) is 17.1 Å². The SMILES string of the molecule is CCCCNCCN1CCSCC1S(=O)(=O)CC. The van der Waals surface area contributed by atoms with Gasteiger partial charge in [-0.25, -0.2) is 8.42 Å². The molecule has 1 unspecified atom stereocenters. The van der Waals surface area contributed by atoms with Gasteiger partial charge < -0.3 is 5.32 Å². The van der Waals surface area contributed by atoms with Crippen molar-refractivity contribution >= 4 is 21.6 Å². The maximum Gasteiger partial charge on any atom is 0.166 e. The van der Waals surface area contributed by atoms with Crippen LogP contribution in [-0.2, 0) is 9.84 Å². The summed E-state index contributed by atoms with van der Waals surface area (Å²) in [6.07, 6.45) is 2.38. The first kappa shape index (κ1) is 16.3. The van der Waals surface area contributed by atoms with Crippen LogP contribution in [0.15, 0.2) is 0 Å². The van der Waals surface area contributed by atoms with Gasteiger partial charge in [-0.2, -0.15) is 11.8 Å². The van der Waals surface area contributed by atoms with Crippen molar-refractivity contribution in [1.82, 2.24) is 10.2 Å². The van der Waals surface area contributed by atoms with Crippen LogP contribution in [0.5, 0.6) is 0 Å². The van der Waals surface area contributed by atoms with Gasteiger partial charge in [0.25, 0.3) is 0 Å². The van der Waals surface area contributed by atoms with Gasteiger partial charge in [0.05, 0.1) is 0 Å². The Hall–Kier alpha value is 0.220. The van der Waals surface area contributed by atoms with Crippen LogP contribution in [0.1, 0.15) is 26.7 Å². The fourth-order valence-corrected chi connectivity index (χ4v) is 5.15. The van der Waals surface area contributed by atoms with E-state index in [4.69, 9.17) is 0 Å². The van der Waals surface area contributed by atoms with Gasteiger partial charge in [-0.15, -0.1) is 0 Å². The van der Waals surface area contributed by atoms with E-state index < -0.39 is 9.84 Å². The van der Waals surface area contributed by atoms with Gasteiger partial charge in [0.1, 0.15) is 5.37 Å². The summed E-state index contributed by atoms with van der Waals surface area (Å²) in [5.41, 5.74) is 0. The fraction of sp³-hybridized carbons (Fsp3) is 1.00. The molecule has 0 bridgehead atoms. The Bertz CT molecular complexity index is 320. The van der Waals surface area contributed by atoms with Gasteiger partial charge in [-0.3, -0.25) is 4.90 Å². The molecule has 6 heteroatoms. The molecule has 0 amide bonds. The third-order valence-electron chi connectivity index (χ3n) is 3.29. The monoisotopic (exact) mass is 294 g/mol. The predicted octanol–water partition coefficient (Wildman–Crippen LogP) is 1.19. The van der Waals surface area contributed by atoms with E-state index in [0.717, 1.165) is 37.7 Å². The topological polar surface area (TPSA) is 49.4 Å². The molecule has 4 nitrogen and oxygen atoms in total. The van der Waals surface area contributed by atoms with Gasteiger partial charge >= 0.3 is 0 Å². The van der Waals surface area contributed by atoms with Crippen molar-refractivity contribution in [1.29, 1.82) is 0 Å². The first-order chi connectivity index (χ1) is 8.61. The van der Waals surface area contributed by atoms with Crippen molar-refractivity contribution in [2.75, 3.05) is 43.4 Å². The van der Waals surface area contributed by atoms with Crippen molar-refractivity contribution in [3.05, 3.63) is 0 Å². The molecule has 0 aromatic rings. The molecule has 1 saturated heterocycles. The molecule has 0 aromatic carbocycles. The summed E-state index contributed by atoms with van der Waals surface area (Å²) in [6.45, 7) is 7.57. The van der Waals surface area contributed by atoms with Crippen LogP contribution >= 0.6 is 11.8 Å². The second-order valence-electron chi connectivity index (χ2n) is 4.62. The molecule has 1 heterocycles. The summed E-state index contributed by atoms with van der Waals surface area (Å²) in [4.78, 5) is 2.13. The first-order valence-electron chi connectivity index (χ1n) is 6.86. The summed E-state index contributed by atoms with van der Waals surface area (Å²) < 4.78 is 24.0. The zero-order chi connectivity index (χ0) is 13.4. The predicted molar refractivity (Wildman–Crippen MR) is 79.9 cm³/mol. The summed E-state index contributed by atoms with van der Waals surface area (Å²) in [5, 5.41) is 3.11. The highest BCUT2D eigenvalue weighted by molar-refractivity contribution is 8.01. The number of hydrogen-bond acceptors (Lipinski definition) is 5. The number of thioether (sulfide) groups is 1. The Morgan fingerprint density at radius 3 is 2.78 bits per heavy atom. The van der Waals surface area contributed by atoms with Crippen LogP contribution in [0.25, 0.3) is 0 Å². The van der Waals surface area contributed by atoms with Gasteiger partial charge in [0, 0.05) is 36.9 Å². The number of hydrogen-bond donors (Lipinski definition) is 1. The summed E-state index contributed by atoms with van der Waals surface area (Å²) in [7, 11) is -2.94. The third kappa shape index (κ3) is 5.07. The normalized spacial score (nSPS) is 22.2. The highest BCUT2D eigenvalue weighted by atomic mass is 32.2. The largest absolute Gasteiger partial charge is 0.315 e. The zero-order valence-corrected chi connectivity index (χ0v) is 13.2. The van der Waals surface area contributed by atoms with E-state index in [1.54, 1.807) is 18.7 Å². The number of sulfone groups is 1. The van der Waals surface area contributed by atoms with Crippen molar-refractivity contribution < 1.29 is 8.42 Å². The molecule has 0 aromatic heterocycles. The van der Waals surface area contributed by atoms with Crippen LogP contribution < -0.4 is 5.32 Å². The van der Waals surface area contributed by atoms with Crippen LogP contribution in [0.2, 0.25) is 0 Å². The van der Waals surface area contributed by atoms with Crippen LogP contribution in [-0.4, -0.2) is 62.1 Å². The second-order valence-corrected chi connectivity index (χ2v) is 8.22. The minimum atomic E-state index is -2.94. The number of rotatable bonds is 8. The molecule has 1 aliphatic rings. The Balaban J connectivity index is 2.40. The molecular formula is C12H26N2O2S2. The minimum Gasteiger partial charge on any atom is -0.315 e. The summed E-state index contributed by atoms with van der Waals surface area (Å²) in [6, 6.07) is 0. The molecule has 18 heavy (non-hydrogen) atoms. The standard InChI is InChI=1S/C12H26N2O2S2/c1-3-5-6-13-7-8-14-9-10-17-11-12(14)18(15,16)4-2/h12-13H,3-11H2,1-2H3. The van der Waals surface area contributed by atoms with Gasteiger partial charge in [0.15, 0.2) is 9.84 Å². The van der Waals surface area contributed by atoms with E-state index in [-0.39, 0.29) is 11.1 Å². The van der Waals surface area contributed by atoms with E-state index in [9.17, 15) is 8.42 Å². The maximum atomic E-state index is 12.0. The lowest BCUT2D eigenvalue weighted by molar-refractivity contribution is 0.269. The average molecular weight is 294 g/mol. The van der Waals surface area contributed by atoms with Crippen molar-refractivity contribution in [2.45, 2.75) is 32.1 Å². The smallest absolute Gasteiger partial charge is 0.166 e. The number of nitrogens with zero attached hydrogens (tertiary/aromatic N) is 1. The van der Waals surface area contributed by atoms with Crippen LogP contribution in [0, 0.1) is 0 Å². The van der Waals surface area contributed by atoms with Crippen molar-refractivity contribution in [3.63, 3.8) is 0 Å². The van der Waals surface area contributed by atoms with E-state index in [0.29, 0.717) is 0 Å². The highest BCUT2D eigenvalue weighted by Gasteiger charge is 2.32. The Morgan fingerprint density at radius 1 is 1.33 bits per heavy atom. The maximum absolute atomic E-state index is 12.0. The van der Waals surface area contributed by atoms with Crippen LogP contribution in [0.4, 0.5) is 0 Å². The second kappa shape index (κ2) is 8.40. The lowest BCUT2D eigenvalue weighted by Gasteiger charge is -2.34. The molecule has 0 aliphatic carbocycles. The van der Waals surface area contributed by atoms with Crippen molar-refractivity contribution in [2.24, 2.45) is 0 Å². The lowest BCUT2D eigenvalue weighted by atomic mass is 10.3. The van der Waals surface area contributed by atoms with E-state index >= 15 is 0 Å². The van der Waals surface area contributed by atoms with Gasteiger partial charge in [-0.05, 0) is 13.0 Å². The fourth-order valence-electron chi connectivity index (χ4n) is 2.04. The molecule has 1 fully saturated rings. The Labute approximate surface area is 116 Å². The Morgan fingerprint density at radius 2 is 2.11 bits per heavy atom. The van der Waals surface area contributed by atoms with Gasteiger partial charge in [-0.1, -0.05) is 20.3 Å². The Kier molecular flexibility index (Phi) is 7.60. The molecule has 0 radical (unpaired) electrons. The van der Waals surface area contributed by atoms with E-state index in [1.807, 2.05) is 0 Å². The quantitative estimate of drug-likeness (QED) is 0.681. The molecule has 108 valence electrons. The lowest BCUT2D eigenvalue weighted by Crippen LogP contribution is -2.49. The van der Waals surface area contributed by atoms with Gasteiger partial charge in [0.2, 0.25) is 0 Å². The summed E-state index contributed by atoms with van der Waals surface area (Å²) in [5.74, 6) is 2.02. The average Bonchev–Trinajstić information content (AvgIpc) is 2.39. The molecule has 1 aliphatic heterocycles. The number of unbranched alkanes of at least 4 members (excludes halogenated alkanes) is 1. The third-order valence-corrected chi connectivity index (χ3v) is 6.62. The molecule has 1 atom stereocenters. The zero-order valence-electron chi connectivity index (χ0n) is 11.5. The van der Waals surface area contributed by atoms with E-state index in [1.165, 1.54) is 12.8 Å². The number of nitrogens with one attached hydrogen (secondary N) is 1. The molecule has 0 spiro atoms. The molecule has 1 rings (SSSR count). The minimum absolute atomic E-state index is 0.248. The van der Waals surface area contributed by atoms with Crippen molar-refractivity contribution in [3.8, 4) is 0 Å². The molecule has 1 N–H and O–H groups in total. The molecular weight excluding hydrogens is 268 g/mol. The van der Waals surface area contributed by atoms with Crippen LogP contribution in [0.3, 0.4) is 0 Å². The summed E-state index contributed by atoms with van der Waals surface area (Å²) >= 11 is 1.76. The molecule has 0 saturated carbocycles.